The lowest BCUT2D eigenvalue weighted by atomic mass is 10.0. The van der Waals surface area contributed by atoms with Gasteiger partial charge in [0, 0.05) is 0 Å². The summed E-state index contributed by atoms with van der Waals surface area (Å²) in [6.45, 7) is 1.55. The Morgan fingerprint density at radius 1 is 1.23 bits per heavy atom. The summed E-state index contributed by atoms with van der Waals surface area (Å²) in [5.74, 6) is 0.768. The maximum atomic E-state index is 12.4. The van der Waals surface area contributed by atoms with Crippen molar-refractivity contribution < 1.29 is 23.8 Å². The van der Waals surface area contributed by atoms with E-state index >= 15 is 0 Å². The Bertz CT molecular complexity index is 612. The first kappa shape index (κ1) is 15.9. The molecule has 1 unspecified atom stereocenters. The molecular weight excluding hydrogens is 286 g/mol. The molecule has 0 fully saturated rings. The standard InChI is InChI=1S/C16H19NO5/c1-16(19,13-8-5-9-22-13)10-17-15(18)14-11(20-2)6-4-7-12(14)21-3/h4-9,19H,10H2,1-3H3,(H,17,18). The van der Waals surface area contributed by atoms with Crippen molar-refractivity contribution in [3.8, 4) is 11.5 Å². The van der Waals surface area contributed by atoms with Crippen LogP contribution in [0, 0.1) is 0 Å². The van der Waals surface area contributed by atoms with Crippen LogP contribution in [0.25, 0.3) is 0 Å². The number of carbonyl (C=O) groups is 1. The highest BCUT2D eigenvalue weighted by atomic mass is 16.5. The van der Waals surface area contributed by atoms with Gasteiger partial charge in [-0.3, -0.25) is 4.79 Å². The van der Waals surface area contributed by atoms with E-state index in [1.807, 2.05) is 0 Å². The van der Waals surface area contributed by atoms with Crippen molar-refractivity contribution in [3.63, 3.8) is 0 Å². The second-order valence-corrected chi connectivity index (χ2v) is 4.97. The van der Waals surface area contributed by atoms with Gasteiger partial charge < -0.3 is 24.3 Å². The molecule has 1 aromatic carbocycles. The molecule has 22 heavy (non-hydrogen) atoms. The fourth-order valence-electron chi connectivity index (χ4n) is 2.09. The third-order valence-corrected chi connectivity index (χ3v) is 3.30. The number of ether oxygens (including phenoxy) is 2. The molecule has 0 spiro atoms. The van der Waals surface area contributed by atoms with Gasteiger partial charge in [-0.15, -0.1) is 0 Å². The summed E-state index contributed by atoms with van der Waals surface area (Å²) in [5, 5.41) is 13.0. The van der Waals surface area contributed by atoms with Crippen LogP contribution in [0.5, 0.6) is 11.5 Å². The Morgan fingerprint density at radius 3 is 2.36 bits per heavy atom. The molecule has 0 saturated carbocycles. The van der Waals surface area contributed by atoms with Crippen molar-refractivity contribution in [2.75, 3.05) is 20.8 Å². The molecular formula is C16H19NO5. The quantitative estimate of drug-likeness (QED) is 0.852. The van der Waals surface area contributed by atoms with Crippen LogP contribution >= 0.6 is 0 Å². The van der Waals surface area contributed by atoms with Crippen molar-refractivity contribution >= 4 is 5.91 Å². The monoisotopic (exact) mass is 305 g/mol. The van der Waals surface area contributed by atoms with Crippen LogP contribution in [0.1, 0.15) is 23.0 Å². The molecule has 1 heterocycles. The summed E-state index contributed by atoms with van der Waals surface area (Å²) in [6.07, 6.45) is 1.47. The number of furan rings is 1. The molecule has 0 aliphatic heterocycles. The molecule has 1 amide bonds. The number of methoxy groups -OCH3 is 2. The predicted octanol–water partition coefficient (Wildman–Crippen LogP) is 1.93. The first-order valence-electron chi connectivity index (χ1n) is 6.75. The smallest absolute Gasteiger partial charge is 0.258 e. The molecule has 0 radical (unpaired) electrons. The second kappa shape index (κ2) is 6.53. The van der Waals surface area contributed by atoms with Gasteiger partial charge in [-0.05, 0) is 31.2 Å². The van der Waals surface area contributed by atoms with Gasteiger partial charge >= 0.3 is 0 Å². The van der Waals surface area contributed by atoms with Gasteiger partial charge in [0.15, 0.2) is 0 Å². The summed E-state index contributed by atoms with van der Waals surface area (Å²) in [7, 11) is 2.95. The molecule has 2 rings (SSSR count). The number of nitrogens with one attached hydrogen (secondary N) is 1. The largest absolute Gasteiger partial charge is 0.496 e. The van der Waals surface area contributed by atoms with E-state index in [4.69, 9.17) is 13.9 Å². The number of carbonyl (C=O) groups excluding carboxylic acids is 1. The molecule has 0 aliphatic rings. The summed E-state index contributed by atoms with van der Waals surface area (Å²) in [5.41, 5.74) is -1.03. The number of amides is 1. The van der Waals surface area contributed by atoms with E-state index in [0.717, 1.165) is 0 Å². The Hall–Kier alpha value is -2.47. The molecule has 1 atom stereocenters. The highest BCUT2D eigenvalue weighted by Gasteiger charge is 2.28. The lowest BCUT2D eigenvalue weighted by Gasteiger charge is -2.22. The van der Waals surface area contributed by atoms with Crippen LogP contribution < -0.4 is 14.8 Å². The topological polar surface area (TPSA) is 80.9 Å². The molecule has 118 valence electrons. The molecule has 1 aromatic heterocycles. The molecule has 0 bridgehead atoms. The number of hydrogen-bond donors (Lipinski definition) is 2. The number of aliphatic hydroxyl groups is 1. The Morgan fingerprint density at radius 2 is 1.86 bits per heavy atom. The van der Waals surface area contributed by atoms with E-state index < -0.39 is 11.5 Å². The zero-order chi connectivity index (χ0) is 16.2. The first-order chi connectivity index (χ1) is 10.5. The van der Waals surface area contributed by atoms with E-state index in [-0.39, 0.29) is 12.1 Å². The van der Waals surface area contributed by atoms with Gasteiger partial charge in [-0.2, -0.15) is 0 Å². The molecule has 0 aliphatic carbocycles. The summed E-state index contributed by atoms with van der Waals surface area (Å²) < 4.78 is 15.6. The van der Waals surface area contributed by atoms with Crippen LogP contribution in [0.15, 0.2) is 41.0 Å². The average molecular weight is 305 g/mol. The van der Waals surface area contributed by atoms with Crippen molar-refractivity contribution in [1.29, 1.82) is 0 Å². The van der Waals surface area contributed by atoms with E-state index in [0.29, 0.717) is 17.3 Å². The van der Waals surface area contributed by atoms with Gasteiger partial charge in [0.1, 0.15) is 28.4 Å². The maximum absolute atomic E-state index is 12.4. The van der Waals surface area contributed by atoms with E-state index in [9.17, 15) is 9.90 Å². The van der Waals surface area contributed by atoms with Gasteiger partial charge in [0.25, 0.3) is 5.91 Å². The zero-order valence-corrected chi connectivity index (χ0v) is 12.8. The normalized spacial score (nSPS) is 13.3. The van der Waals surface area contributed by atoms with E-state index in [2.05, 4.69) is 5.32 Å². The number of hydrogen-bond acceptors (Lipinski definition) is 5. The van der Waals surface area contributed by atoms with Crippen LogP contribution in [-0.4, -0.2) is 31.8 Å². The molecule has 6 nitrogen and oxygen atoms in total. The molecule has 0 saturated heterocycles. The molecule has 2 aromatic rings. The minimum Gasteiger partial charge on any atom is -0.496 e. The molecule has 6 heteroatoms. The van der Waals surface area contributed by atoms with Crippen molar-refractivity contribution in [1.82, 2.24) is 5.32 Å². The van der Waals surface area contributed by atoms with Gasteiger partial charge in [0.2, 0.25) is 0 Å². The zero-order valence-electron chi connectivity index (χ0n) is 12.8. The molecule has 2 N–H and O–H groups in total. The van der Waals surface area contributed by atoms with Crippen LogP contribution in [0.2, 0.25) is 0 Å². The summed E-state index contributed by atoms with van der Waals surface area (Å²) in [4.78, 5) is 12.4. The van der Waals surface area contributed by atoms with Crippen molar-refractivity contribution in [3.05, 3.63) is 47.9 Å². The Balaban J connectivity index is 2.16. The minimum atomic E-state index is -1.31. The third-order valence-electron chi connectivity index (χ3n) is 3.30. The highest BCUT2D eigenvalue weighted by molar-refractivity contribution is 5.99. The van der Waals surface area contributed by atoms with E-state index in [1.165, 1.54) is 20.5 Å². The van der Waals surface area contributed by atoms with E-state index in [1.54, 1.807) is 37.3 Å². The van der Waals surface area contributed by atoms with Crippen LogP contribution in [0.3, 0.4) is 0 Å². The van der Waals surface area contributed by atoms with Gasteiger partial charge in [0.05, 0.1) is 27.0 Å². The summed E-state index contributed by atoms with van der Waals surface area (Å²) >= 11 is 0. The highest BCUT2D eigenvalue weighted by Crippen LogP contribution is 2.28. The van der Waals surface area contributed by atoms with Crippen LogP contribution in [-0.2, 0) is 5.60 Å². The predicted molar refractivity (Wildman–Crippen MR) is 80.2 cm³/mol. The maximum Gasteiger partial charge on any atom is 0.258 e. The Labute approximate surface area is 128 Å². The average Bonchev–Trinajstić information content (AvgIpc) is 3.07. The van der Waals surface area contributed by atoms with Crippen molar-refractivity contribution in [2.24, 2.45) is 0 Å². The minimum absolute atomic E-state index is 0.0133. The fourth-order valence-corrected chi connectivity index (χ4v) is 2.09. The Kier molecular flexibility index (Phi) is 4.72. The van der Waals surface area contributed by atoms with Gasteiger partial charge in [-0.25, -0.2) is 0 Å². The van der Waals surface area contributed by atoms with Crippen LogP contribution in [0.4, 0.5) is 0 Å². The summed E-state index contributed by atoms with van der Waals surface area (Å²) in [6, 6.07) is 8.39. The first-order valence-corrected chi connectivity index (χ1v) is 6.75. The van der Waals surface area contributed by atoms with Gasteiger partial charge in [-0.1, -0.05) is 6.07 Å². The number of rotatable bonds is 6. The third kappa shape index (κ3) is 3.23. The fraction of sp³-hybridized carbons (Fsp3) is 0.312. The van der Waals surface area contributed by atoms with Crippen molar-refractivity contribution in [2.45, 2.75) is 12.5 Å². The lowest BCUT2D eigenvalue weighted by Crippen LogP contribution is -2.38. The lowest BCUT2D eigenvalue weighted by molar-refractivity contribution is 0.0329. The number of benzene rings is 1. The second-order valence-electron chi connectivity index (χ2n) is 4.97. The SMILES string of the molecule is COc1cccc(OC)c1C(=O)NCC(C)(O)c1ccco1.